The molecule has 1 fully saturated rings. The zero-order valence-corrected chi connectivity index (χ0v) is 22.8. The minimum atomic E-state index is -1.13. The number of carboxylic acids is 1. The molecule has 1 aliphatic rings. The Hall–Kier alpha value is -4.50. The molecule has 1 aliphatic heterocycles. The molecule has 0 radical (unpaired) electrons. The lowest BCUT2D eigenvalue weighted by Gasteiger charge is -2.14. The van der Waals surface area contributed by atoms with Crippen molar-refractivity contribution in [2.75, 3.05) is 11.6 Å². The Bertz CT molecular complexity index is 1550. The molecule has 2 aromatic carbocycles. The first-order chi connectivity index (χ1) is 19.0. The predicted molar refractivity (Wildman–Crippen MR) is 151 cm³/mol. The maximum atomic E-state index is 12.6. The highest BCUT2D eigenvalue weighted by Gasteiger charge is 2.33. The van der Waals surface area contributed by atoms with Gasteiger partial charge in [0.25, 0.3) is 11.5 Å². The fraction of sp³-hybridized carbons (Fsp3) is 0.200. The maximum Gasteiger partial charge on any atom is 0.328 e. The number of carboxylic acid groups (broad SMARTS) is 1. The number of nitrogens with zero attached hydrogens (tertiary/aromatic N) is 1. The smallest absolute Gasteiger partial charge is 0.328 e. The Morgan fingerprint density at radius 3 is 2.40 bits per heavy atom. The van der Waals surface area contributed by atoms with Gasteiger partial charge in [-0.1, -0.05) is 30.0 Å². The number of hydrogen-bond donors (Lipinski definition) is 7. The number of nitrogens with one attached hydrogen (secondary N) is 4. The molecular formula is C25H25N5O8S2. The molecule has 0 saturated carbocycles. The Morgan fingerprint density at radius 1 is 1.10 bits per heavy atom. The molecular weight excluding hydrogens is 562 g/mol. The molecule has 2 amide bonds. The molecule has 3 aromatic rings. The number of aromatic nitrogens is 2. The molecule has 7 N–H and O–H groups in total. The largest absolute Gasteiger partial charge is 0.508 e. The summed E-state index contributed by atoms with van der Waals surface area (Å²) in [6.07, 6.45) is 1.81. The first-order valence-electron chi connectivity index (χ1n) is 11.5. The number of thioether (sulfide) groups is 2. The third-order valence-electron chi connectivity index (χ3n) is 5.19. The molecule has 210 valence electrons. The van der Waals surface area contributed by atoms with Crippen molar-refractivity contribution in [2.45, 2.75) is 29.5 Å². The van der Waals surface area contributed by atoms with Crippen LogP contribution < -0.4 is 21.9 Å². The molecule has 1 saturated heterocycles. The molecule has 13 nitrogen and oxygen atoms in total. The van der Waals surface area contributed by atoms with Crippen molar-refractivity contribution >= 4 is 52.2 Å². The van der Waals surface area contributed by atoms with Gasteiger partial charge in [0.2, 0.25) is 17.7 Å². The number of hydrogen-bond acceptors (Lipinski definition) is 10. The van der Waals surface area contributed by atoms with E-state index in [1.807, 2.05) is 29.4 Å². The predicted octanol–water partition coefficient (Wildman–Crippen LogP) is 1.99. The second-order valence-electron chi connectivity index (χ2n) is 8.20. The third kappa shape index (κ3) is 8.25. The van der Waals surface area contributed by atoms with Crippen molar-refractivity contribution in [2.24, 2.45) is 4.99 Å². The molecule has 40 heavy (non-hydrogen) atoms. The van der Waals surface area contributed by atoms with Crippen LogP contribution in [0.1, 0.15) is 30.5 Å². The Labute approximate surface area is 235 Å². The second-order valence-corrected chi connectivity index (χ2v) is 10.3. The molecule has 1 aromatic heterocycles. The van der Waals surface area contributed by atoms with E-state index in [4.69, 9.17) is 9.90 Å². The van der Waals surface area contributed by atoms with Gasteiger partial charge in [0.05, 0.1) is 0 Å². The minimum absolute atomic E-state index is 0.0255. The number of carbonyl (C=O) groups is 3. The number of H-pyrrole nitrogens is 2. The first-order valence-corrected chi connectivity index (χ1v) is 13.6. The summed E-state index contributed by atoms with van der Waals surface area (Å²) in [6, 6.07) is 11.9. The van der Waals surface area contributed by atoms with Crippen molar-refractivity contribution in [3.8, 4) is 11.6 Å². The Kier molecular flexibility index (Phi) is 10.2. The molecule has 4 rings (SSSR count). The fourth-order valence-corrected chi connectivity index (χ4v) is 4.95. The van der Waals surface area contributed by atoms with Gasteiger partial charge in [-0.25, -0.2) is 9.79 Å². The van der Waals surface area contributed by atoms with Crippen LogP contribution in [0, 0.1) is 0 Å². The molecule has 2 atom stereocenters. The van der Waals surface area contributed by atoms with Gasteiger partial charge in [-0.2, -0.15) is 0 Å². The number of aromatic hydroxyl groups is 2. The van der Waals surface area contributed by atoms with Crippen molar-refractivity contribution in [3.05, 3.63) is 80.5 Å². The summed E-state index contributed by atoms with van der Waals surface area (Å²) in [5.74, 6) is -2.32. The van der Waals surface area contributed by atoms with E-state index in [9.17, 15) is 29.4 Å². The lowest BCUT2D eigenvalue weighted by molar-refractivity contribution is -0.134. The number of amides is 2. The summed E-state index contributed by atoms with van der Waals surface area (Å²) in [6.45, 7) is 1.08. The van der Waals surface area contributed by atoms with Crippen molar-refractivity contribution in [1.82, 2.24) is 15.3 Å². The zero-order valence-electron chi connectivity index (χ0n) is 21.1. The molecule has 2 unspecified atom stereocenters. The lowest BCUT2D eigenvalue weighted by atomic mass is 10.0. The monoisotopic (exact) mass is 587 g/mol. The van der Waals surface area contributed by atoms with Gasteiger partial charge >= 0.3 is 5.69 Å². The van der Waals surface area contributed by atoms with E-state index >= 15 is 0 Å². The van der Waals surface area contributed by atoms with Crippen molar-refractivity contribution < 1.29 is 29.7 Å². The third-order valence-corrected chi connectivity index (χ3v) is 7.01. The van der Waals surface area contributed by atoms with E-state index in [2.05, 4.69) is 20.6 Å². The zero-order chi connectivity index (χ0) is 29.4. The molecule has 0 bridgehead atoms. The van der Waals surface area contributed by atoms with Gasteiger partial charge in [0.15, 0.2) is 5.17 Å². The fourth-order valence-electron chi connectivity index (χ4n) is 3.50. The molecule has 0 spiro atoms. The van der Waals surface area contributed by atoms with Gasteiger partial charge in [0, 0.05) is 23.9 Å². The second kappa shape index (κ2) is 13.5. The molecule has 0 aliphatic carbocycles. The highest BCUT2D eigenvalue weighted by atomic mass is 32.2. The van der Waals surface area contributed by atoms with Gasteiger partial charge in [-0.3, -0.25) is 29.1 Å². The average molecular weight is 588 g/mol. The number of aliphatic imine (C=N–C) groups is 1. The Balaban J connectivity index is 0.00000103. The average Bonchev–Trinajstić information content (AvgIpc) is 3.21. The van der Waals surface area contributed by atoms with E-state index in [0.717, 1.165) is 23.6 Å². The topological polar surface area (TPSA) is 214 Å². The minimum Gasteiger partial charge on any atom is -0.508 e. The van der Waals surface area contributed by atoms with Crippen LogP contribution in [0.3, 0.4) is 0 Å². The van der Waals surface area contributed by atoms with E-state index < -0.39 is 40.3 Å². The van der Waals surface area contributed by atoms with Gasteiger partial charge in [-0.05, 0) is 42.2 Å². The van der Waals surface area contributed by atoms with E-state index in [1.165, 1.54) is 36.0 Å². The van der Waals surface area contributed by atoms with Crippen molar-refractivity contribution in [1.29, 1.82) is 0 Å². The normalized spacial score (nSPS) is 16.0. The van der Waals surface area contributed by atoms with Gasteiger partial charge in [0.1, 0.15) is 22.6 Å². The summed E-state index contributed by atoms with van der Waals surface area (Å²) in [7, 11) is 0. The van der Waals surface area contributed by atoms with Crippen LogP contribution >= 0.6 is 23.5 Å². The summed E-state index contributed by atoms with van der Waals surface area (Å²) < 4.78 is 0. The standard InChI is InChI=1S/C23H21N5O6S2.C2H4O2/c1-35-14-4-2-3-12(9-14)24-16(30)10-15-19(31)28-23(36-15)25-18(11-5-7-13(29)8-6-11)17-20(32)26-22(34)27-21(17)33;1-2(3)4/h2-9,15,18,29H,10H2,1H3,(H,24,30)(H,25,28,31)(H3,26,27,32,33,34);1H3,(H,3,4). The summed E-state index contributed by atoms with van der Waals surface area (Å²) in [5, 5.41) is 32.1. The number of phenolic OH excluding ortho intramolecular Hbond substituents is 1. The molecule has 15 heteroatoms. The van der Waals surface area contributed by atoms with Crippen LogP contribution in [0.25, 0.3) is 0 Å². The van der Waals surface area contributed by atoms with E-state index in [0.29, 0.717) is 11.3 Å². The summed E-state index contributed by atoms with van der Waals surface area (Å²) in [5.41, 5.74) is -0.993. The van der Waals surface area contributed by atoms with Gasteiger partial charge in [-0.15, -0.1) is 11.8 Å². The van der Waals surface area contributed by atoms with Crippen LogP contribution in [0.4, 0.5) is 5.69 Å². The SMILES string of the molecule is CC(=O)O.CSc1cccc(NC(=O)CC2SC(=NC(c3ccc(O)cc3)c3c(O)[nH]c(=O)[nH]c3=O)NC2=O)c1. The highest BCUT2D eigenvalue weighted by Crippen LogP contribution is 2.32. The Morgan fingerprint density at radius 2 is 1.77 bits per heavy atom. The van der Waals surface area contributed by atoms with Crippen LogP contribution in [0.2, 0.25) is 0 Å². The first kappa shape index (κ1) is 30.0. The van der Waals surface area contributed by atoms with Crippen LogP contribution in [0.15, 0.2) is 68.0 Å². The maximum absolute atomic E-state index is 12.6. The van der Waals surface area contributed by atoms with Crippen LogP contribution in [-0.4, -0.2) is 59.7 Å². The van der Waals surface area contributed by atoms with Gasteiger partial charge < -0.3 is 26.0 Å². The quantitative estimate of drug-likeness (QED) is 0.200. The van der Waals surface area contributed by atoms with Crippen LogP contribution in [-0.2, 0) is 14.4 Å². The van der Waals surface area contributed by atoms with E-state index in [1.54, 1.807) is 6.07 Å². The highest BCUT2D eigenvalue weighted by molar-refractivity contribution is 8.15. The number of benzene rings is 2. The molecule has 2 heterocycles. The number of aromatic amines is 2. The number of amidine groups is 1. The number of carbonyl (C=O) groups excluding carboxylic acids is 2. The number of phenols is 1. The number of anilines is 1. The van der Waals surface area contributed by atoms with E-state index in [-0.39, 0.29) is 28.8 Å². The summed E-state index contributed by atoms with van der Waals surface area (Å²) in [4.78, 5) is 67.7. The van der Waals surface area contributed by atoms with Crippen molar-refractivity contribution in [3.63, 3.8) is 0 Å². The number of aliphatic carboxylic acids is 1. The lowest BCUT2D eigenvalue weighted by Crippen LogP contribution is -2.29. The van der Waals surface area contributed by atoms with Crippen LogP contribution in [0.5, 0.6) is 11.6 Å². The summed E-state index contributed by atoms with van der Waals surface area (Å²) >= 11 is 2.55. The number of rotatable bonds is 7.